The highest BCUT2D eigenvalue weighted by molar-refractivity contribution is 5.57. The van der Waals surface area contributed by atoms with E-state index in [1.165, 1.54) is 6.07 Å². The lowest BCUT2D eigenvalue weighted by atomic mass is 10.1. The first kappa shape index (κ1) is 15.4. The van der Waals surface area contributed by atoms with Crippen molar-refractivity contribution in [2.75, 3.05) is 37.8 Å². The molecular formula is C12H18N2O5. The van der Waals surface area contributed by atoms with E-state index in [0.717, 1.165) is 0 Å². The molecule has 0 aliphatic carbocycles. The first-order chi connectivity index (χ1) is 9.13. The number of nitrogens with zero attached hydrogens (tertiary/aromatic N) is 2. The molecule has 0 unspecified atom stereocenters. The van der Waals surface area contributed by atoms with Gasteiger partial charge in [-0.1, -0.05) is 6.07 Å². The molecule has 1 aromatic carbocycles. The van der Waals surface area contributed by atoms with Gasteiger partial charge in [0.05, 0.1) is 18.1 Å². The Labute approximate surface area is 110 Å². The zero-order chi connectivity index (χ0) is 14.3. The molecule has 1 rings (SSSR count). The summed E-state index contributed by atoms with van der Waals surface area (Å²) in [6.07, 6.45) is 0.219. The number of anilines is 1. The van der Waals surface area contributed by atoms with Gasteiger partial charge in [0.1, 0.15) is 0 Å². The van der Waals surface area contributed by atoms with Crippen molar-refractivity contribution >= 4 is 11.4 Å². The molecule has 19 heavy (non-hydrogen) atoms. The van der Waals surface area contributed by atoms with Crippen LogP contribution in [0.4, 0.5) is 11.4 Å². The Bertz CT molecular complexity index is 419. The predicted octanol–water partition coefficient (Wildman–Crippen LogP) is -0.0794. The van der Waals surface area contributed by atoms with E-state index < -0.39 is 4.92 Å². The maximum atomic E-state index is 11.0. The fourth-order valence-electron chi connectivity index (χ4n) is 1.86. The summed E-state index contributed by atoms with van der Waals surface area (Å²) in [5.74, 6) is 0. The Morgan fingerprint density at radius 3 is 2.21 bits per heavy atom. The molecule has 1 aromatic rings. The highest BCUT2D eigenvalue weighted by atomic mass is 16.6. The van der Waals surface area contributed by atoms with Crippen molar-refractivity contribution in [3.05, 3.63) is 33.9 Å². The van der Waals surface area contributed by atoms with Crippen LogP contribution in [0.15, 0.2) is 18.2 Å². The minimum absolute atomic E-state index is 0.0626. The summed E-state index contributed by atoms with van der Waals surface area (Å²) in [5, 5.41) is 37.8. The minimum Gasteiger partial charge on any atom is -0.396 e. The van der Waals surface area contributed by atoms with Crippen molar-refractivity contribution in [1.29, 1.82) is 0 Å². The number of rotatable bonds is 8. The molecule has 7 nitrogen and oxygen atoms in total. The molecule has 0 aliphatic heterocycles. The molecule has 7 heteroatoms. The lowest BCUT2D eigenvalue weighted by Crippen LogP contribution is -2.29. The van der Waals surface area contributed by atoms with Crippen LogP contribution in [-0.4, -0.2) is 53.2 Å². The first-order valence-electron chi connectivity index (χ1n) is 5.99. The maximum Gasteiger partial charge on any atom is 0.274 e. The summed E-state index contributed by atoms with van der Waals surface area (Å²) in [6.45, 7) is 0.212. The fourth-order valence-corrected chi connectivity index (χ4v) is 1.86. The van der Waals surface area contributed by atoms with Crippen molar-refractivity contribution in [2.45, 2.75) is 6.42 Å². The van der Waals surface area contributed by atoms with Crippen LogP contribution in [0.3, 0.4) is 0 Å². The molecule has 0 bridgehead atoms. The SMILES string of the molecule is O=[N+]([O-])c1cc(N(CCO)CCO)ccc1CCO. The van der Waals surface area contributed by atoms with Gasteiger partial charge in [0, 0.05) is 43.4 Å². The van der Waals surface area contributed by atoms with E-state index in [1.54, 1.807) is 17.0 Å². The van der Waals surface area contributed by atoms with Crippen LogP contribution in [0.25, 0.3) is 0 Å². The normalized spacial score (nSPS) is 10.5. The number of hydrogen-bond acceptors (Lipinski definition) is 6. The highest BCUT2D eigenvalue weighted by Crippen LogP contribution is 2.26. The van der Waals surface area contributed by atoms with E-state index in [1.807, 2.05) is 0 Å². The second-order valence-corrected chi connectivity index (χ2v) is 3.98. The minimum atomic E-state index is -0.495. The Morgan fingerprint density at radius 1 is 1.11 bits per heavy atom. The fraction of sp³-hybridized carbons (Fsp3) is 0.500. The average Bonchev–Trinajstić information content (AvgIpc) is 2.39. The van der Waals surface area contributed by atoms with E-state index in [0.29, 0.717) is 11.3 Å². The van der Waals surface area contributed by atoms with E-state index >= 15 is 0 Å². The second-order valence-electron chi connectivity index (χ2n) is 3.98. The molecule has 0 atom stereocenters. The van der Waals surface area contributed by atoms with Crippen LogP contribution in [-0.2, 0) is 6.42 Å². The molecule has 0 heterocycles. The van der Waals surface area contributed by atoms with Gasteiger partial charge >= 0.3 is 0 Å². The van der Waals surface area contributed by atoms with Crippen LogP contribution in [0, 0.1) is 10.1 Å². The van der Waals surface area contributed by atoms with Gasteiger partial charge in [0.25, 0.3) is 5.69 Å². The number of nitro groups is 1. The maximum absolute atomic E-state index is 11.0. The number of aliphatic hydroxyl groups excluding tert-OH is 3. The highest BCUT2D eigenvalue weighted by Gasteiger charge is 2.16. The average molecular weight is 270 g/mol. The van der Waals surface area contributed by atoms with Gasteiger partial charge in [-0.05, 0) is 6.07 Å². The van der Waals surface area contributed by atoms with Crippen molar-refractivity contribution in [3.8, 4) is 0 Å². The molecule has 0 aromatic heterocycles. The summed E-state index contributed by atoms with van der Waals surface area (Å²) >= 11 is 0. The van der Waals surface area contributed by atoms with E-state index in [-0.39, 0.29) is 45.0 Å². The summed E-state index contributed by atoms with van der Waals surface area (Å²) in [4.78, 5) is 12.2. The zero-order valence-electron chi connectivity index (χ0n) is 10.5. The van der Waals surface area contributed by atoms with Gasteiger partial charge in [-0.2, -0.15) is 0 Å². The Balaban J connectivity index is 3.07. The van der Waals surface area contributed by atoms with Gasteiger partial charge in [-0.25, -0.2) is 0 Å². The van der Waals surface area contributed by atoms with Crippen molar-refractivity contribution in [2.24, 2.45) is 0 Å². The predicted molar refractivity (Wildman–Crippen MR) is 70.3 cm³/mol. The van der Waals surface area contributed by atoms with Gasteiger partial charge in [0.2, 0.25) is 0 Å². The molecule has 0 fully saturated rings. The Hall–Kier alpha value is -1.70. The van der Waals surface area contributed by atoms with E-state index in [4.69, 9.17) is 15.3 Å². The smallest absolute Gasteiger partial charge is 0.274 e. The van der Waals surface area contributed by atoms with E-state index in [9.17, 15) is 10.1 Å². The zero-order valence-corrected chi connectivity index (χ0v) is 10.5. The monoisotopic (exact) mass is 270 g/mol. The van der Waals surface area contributed by atoms with Crippen LogP contribution in [0.2, 0.25) is 0 Å². The lowest BCUT2D eigenvalue weighted by molar-refractivity contribution is -0.385. The second kappa shape index (κ2) is 7.67. The molecular weight excluding hydrogens is 252 g/mol. The number of aliphatic hydroxyl groups is 3. The number of hydrogen-bond donors (Lipinski definition) is 3. The van der Waals surface area contributed by atoms with Gasteiger partial charge in [-0.15, -0.1) is 0 Å². The summed E-state index contributed by atoms with van der Waals surface area (Å²) in [7, 11) is 0. The summed E-state index contributed by atoms with van der Waals surface area (Å²) in [5.41, 5.74) is 0.966. The van der Waals surface area contributed by atoms with Crippen molar-refractivity contribution in [3.63, 3.8) is 0 Å². The standard InChI is InChI=1S/C12H18N2O5/c15-6-3-10-1-2-11(9-12(10)14(18)19)13(4-7-16)5-8-17/h1-2,9,15-17H,3-8H2. The molecule has 0 amide bonds. The van der Waals surface area contributed by atoms with Crippen LogP contribution >= 0.6 is 0 Å². The molecule has 106 valence electrons. The third kappa shape index (κ3) is 4.16. The molecule has 3 N–H and O–H groups in total. The molecule has 0 saturated carbocycles. The number of nitro benzene ring substituents is 1. The Morgan fingerprint density at radius 2 is 1.74 bits per heavy atom. The topological polar surface area (TPSA) is 107 Å². The van der Waals surface area contributed by atoms with Gasteiger partial charge in [0.15, 0.2) is 0 Å². The quantitative estimate of drug-likeness (QED) is 0.450. The molecule has 0 saturated heterocycles. The first-order valence-corrected chi connectivity index (χ1v) is 5.99. The van der Waals surface area contributed by atoms with Crippen molar-refractivity contribution in [1.82, 2.24) is 0 Å². The third-order valence-corrected chi connectivity index (χ3v) is 2.75. The van der Waals surface area contributed by atoms with Crippen molar-refractivity contribution < 1.29 is 20.2 Å². The summed E-state index contributed by atoms with van der Waals surface area (Å²) in [6, 6.07) is 4.67. The molecule has 0 spiro atoms. The molecule has 0 aliphatic rings. The molecule has 0 radical (unpaired) electrons. The largest absolute Gasteiger partial charge is 0.396 e. The van der Waals surface area contributed by atoms with Crippen LogP contribution in [0.1, 0.15) is 5.56 Å². The van der Waals surface area contributed by atoms with Crippen LogP contribution < -0.4 is 4.90 Å². The summed E-state index contributed by atoms with van der Waals surface area (Å²) < 4.78 is 0. The lowest BCUT2D eigenvalue weighted by Gasteiger charge is -2.23. The third-order valence-electron chi connectivity index (χ3n) is 2.75. The van der Waals surface area contributed by atoms with E-state index in [2.05, 4.69) is 0 Å². The van der Waals surface area contributed by atoms with Gasteiger partial charge < -0.3 is 20.2 Å². The Kier molecular flexibility index (Phi) is 6.20. The van der Waals surface area contributed by atoms with Gasteiger partial charge in [-0.3, -0.25) is 10.1 Å². The number of benzene rings is 1. The van der Waals surface area contributed by atoms with Crippen LogP contribution in [0.5, 0.6) is 0 Å².